The van der Waals surface area contributed by atoms with E-state index in [1.54, 1.807) is 13.4 Å². The number of benzene rings is 1. The van der Waals surface area contributed by atoms with E-state index in [1.807, 2.05) is 18.2 Å². The van der Waals surface area contributed by atoms with Crippen LogP contribution in [0, 0.1) is 0 Å². The van der Waals surface area contributed by atoms with Crippen molar-refractivity contribution in [2.75, 3.05) is 20.3 Å². The molecular weight excluding hydrogens is 196 g/mol. The van der Waals surface area contributed by atoms with E-state index in [2.05, 4.69) is 0 Å². The molecule has 0 amide bonds. The van der Waals surface area contributed by atoms with Crippen molar-refractivity contribution in [3.05, 3.63) is 24.5 Å². The molecule has 0 saturated heterocycles. The van der Waals surface area contributed by atoms with Gasteiger partial charge in [-0.3, -0.25) is 0 Å². The topological polar surface area (TPSA) is 51.8 Å². The van der Waals surface area contributed by atoms with Crippen molar-refractivity contribution < 1.29 is 19.0 Å². The van der Waals surface area contributed by atoms with Gasteiger partial charge < -0.3 is 19.0 Å². The maximum atomic E-state index is 8.72. The second-order valence-electron chi connectivity index (χ2n) is 3.01. The minimum Gasteiger partial charge on any atom is -0.493 e. The van der Waals surface area contributed by atoms with Crippen molar-refractivity contribution in [2.24, 2.45) is 0 Å². The lowest BCUT2D eigenvalue weighted by molar-refractivity contribution is 0.197. The van der Waals surface area contributed by atoms with Gasteiger partial charge in [-0.25, -0.2) is 0 Å². The second-order valence-corrected chi connectivity index (χ2v) is 3.01. The van der Waals surface area contributed by atoms with Crippen LogP contribution in [0.15, 0.2) is 28.9 Å². The first-order valence-corrected chi connectivity index (χ1v) is 4.64. The fourth-order valence-electron chi connectivity index (χ4n) is 1.43. The van der Waals surface area contributed by atoms with Gasteiger partial charge in [0, 0.05) is 5.39 Å². The third-order valence-electron chi connectivity index (χ3n) is 2.10. The van der Waals surface area contributed by atoms with Crippen LogP contribution >= 0.6 is 0 Å². The minimum absolute atomic E-state index is 0.0414. The first-order valence-electron chi connectivity index (χ1n) is 4.64. The number of hydrogen-bond donors (Lipinski definition) is 1. The van der Waals surface area contributed by atoms with Crippen LogP contribution in [0.25, 0.3) is 11.0 Å². The Morgan fingerprint density at radius 3 is 2.93 bits per heavy atom. The molecular formula is C11H12O4. The van der Waals surface area contributed by atoms with Gasteiger partial charge in [0.2, 0.25) is 5.75 Å². The lowest BCUT2D eigenvalue weighted by Crippen LogP contribution is -2.03. The average molecular weight is 208 g/mol. The number of hydrogen-bond acceptors (Lipinski definition) is 4. The molecule has 15 heavy (non-hydrogen) atoms. The van der Waals surface area contributed by atoms with Crippen LogP contribution in [-0.4, -0.2) is 25.4 Å². The van der Waals surface area contributed by atoms with Gasteiger partial charge in [-0.1, -0.05) is 0 Å². The molecule has 1 N–H and O–H groups in total. The summed E-state index contributed by atoms with van der Waals surface area (Å²) in [6.45, 7) is 0.177. The van der Waals surface area contributed by atoms with Crippen LogP contribution in [0.5, 0.6) is 11.5 Å². The summed E-state index contributed by atoms with van der Waals surface area (Å²) in [4.78, 5) is 0. The number of fused-ring (bicyclic) bond motifs is 1. The number of rotatable bonds is 4. The fraction of sp³-hybridized carbons (Fsp3) is 0.273. The number of furan rings is 1. The Morgan fingerprint density at radius 1 is 1.33 bits per heavy atom. The van der Waals surface area contributed by atoms with E-state index in [4.69, 9.17) is 19.0 Å². The average Bonchev–Trinajstić information content (AvgIpc) is 2.73. The summed E-state index contributed by atoms with van der Waals surface area (Å²) in [5.74, 6) is 1.14. The molecule has 4 heteroatoms. The summed E-state index contributed by atoms with van der Waals surface area (Å²) in [6, 6.07) is 5.55. The standard InChI is InChI=1S/C11H12O4/c1-13-9-3-2-8-4-6-14-10(8)11(9)15-7-5-12/h2-4,6,12H,5,7H2,1H3. The highest BCUT2D eigenvalue weighted by molar-refractivity contribution is 5.85. The van der Waals surface area contributed by atoms with Crippen LogP contribution < -0.4 is 9.47 Å². The normalized spacial score (nSPS) is 10.5. The molecule has 0 saturated carbocycles. The molecule has 2 rings (SSSR count). The lowest BCUT2D eigenvalue weighted by atomic mass is 10.2. The zero-order valence-corrected chi connectivity index (χ0v) is 8.40. The van der Waals surface area contributed by atoms with E-state index < -0.39 is 0 Å². The Hall–Kier alpha value is -1.68. The van der Waals surface area contributed by atoms with Crippen LogP contribution in [0.2, 0.25) is 0 Å². The summed E-state index contributed by atoms with van der Waals surface area (Å²) in [7, 11) is 1.57. The predicted octanol–water partition coefficient (Wildman–Crippen LogP) is 1.81. The number of methoxy groups -OCH3 is 1. The van der Waals surface area contributed by atoms with Crippen molar-refractivity contribution in [1.29, 1.82) is 0 Å². The molecule has 1 aromatic carbocycles. The lowest BCUT2D eigenvalue weighted by Gasteiger charge is -2.09. The fourth-order valence-corrected chi connectivity index (χ4v) is 1.43. The molecule has 0 atom stereocenters. The molecule has 0 fully saturated rings. The highest BCUT2D eigenvalue weighted by Gasteiger charge is 2.11. The molecule has 1 aromatic heterocycles. The van der Waals surface area contributed by atoms with E-state index in [0.717, 1.165) is 5.39 Å². The summed E-state index contributed by atoms with van der Waals surface area (Å²) < 4.78 is 15.8. The first-order chi connectivity index (χ1) is 7.36. The van der Waals surface area contributed by atoms with E-state index in [0.29, 0.717) is 17.1 Å². The zero-order valence-electron chi connectivity index (χ0n) is 8.40. The number of aliphatic hydroxyl groups is 1. The Kier molecular flexibility index (Phi) is 2.78. The summed E-state index contributed by atoms with van der Waals surface area (Å²) in [5, 5.41) is 9.67. The van der Waals surface area contributed by atoms with Crippen molar-refractivity contribution in [1.82, 2.24) is 0 Å². The van der Waals surface area contributed by atoms with Gasteiger partial charge in [-0.2, -0.15) is 0 Å². The summed E-state index contributed by atoms with van der Waals surface area (Å²) in [5.41, 5.74) is 0.641. The maximum Gasteiger partial charge on any atom is 0.204 e. The van der Waals surface area contributed by atoms with Crippen molar-refractivity contribution in [3.8, 4) is 11.5 Å². The monoisotopic (exact) mass is 208 g/mol. The van der Waals surface area contributed by atoms with E-state index in [1.165, 1.54) is 0 Å². The molecule has 1 heterocycles. The van der Waals surface area contributed by atoms with Crippen LogP contribution in [-0.2, 0) is 0 Å². The van der Waals surface area contributed by atoms with Crippen molar-refractivity contribution >= 4 is 11.0 Å². The van der Waals surface area contributed by atoms with Crippen LogP contribution in [0.1, 0.15) is 0 Å². The Morgan fingerprint density at radius 2 is 2.20 bits per heavy atom. The Bertz CT molecular complexity index is 447. The smallest absolute Gasteiger partial charge is 0.204 e. The van der Waals surface area contributed by atoms with Crippen molar-refractivity contribution in [3.63, 3.8) is 0 Å². The van der Waals surface area contributed by atoms with Crippen molar-refractivity contribution in [2.45, 2.75) is 0 Å². The van der Waals surface area contributed by atoms with Gasteiger partial charge in [0.25, 0.3) is 0 Å². The quantitative estimate of drug-likeness (QED) is 0.832. The molecule has 0 aliphatic heterocycles. The molecule has 0 spiro atoms. The molecule has 0 aliphatic carbocycles. The van der Waals surface area contributed by atoms with Gasteiger partial charge in [-0.15, -0.1) is 0 Å². The SMILES string of the molecule is COc1ccc2ccoc2c1OCCO. The van der Waals surface area contributed by atoms with Gasteiger partial charge in [0.15, 0.2) is 11.3 Å². The van der Waals surface area contributed by atoms with Crippen LogP contribution in [0.4, 0.5) is 0 Å². The largest absolute Gasteiger partial charge is 0.493 e. The highest BCUT2D eigenvalue weighted by atomic mass is 16.5. The number of aliphatic hydroxyl groups excluding tert-OH is 1. The second kappa shape index (κ2) is 4.23. The predicted molar refractivity (Wildman–Crippen MR) is 55.3 cm³/mol. The van der Waals surface area contributed by atoms with Gasteiger partial charge in [0.1, 0.15) is 6.61 Å². The highest BCUT2D eigenvalue weighted by Crippen LogP contribution is 2.35. The third-order valence-corrected chi connectivity index (χ3v) is 2.10. The molecule has 4 nitrogen and oxygen atoms in total. The molecule has 2 aromatic rings. The number of ether oxygens (including phenoxy) is 2. The molecule has 0 bridgehead atoms. The van der Waals surface area contributed by atoms with Crippen LogP contribution in [0.3, 0.4) is 0 Å². The first kappa shape index (κ1) is 9.86. The third kappa shape index (κ3) is 1.76. The molecule has 0 radical (unpaired) electrons. The van der Waals surface area contributed by atoms with E-state index in [-0.39, 0.29) is 13.2 Å². The summed E-state index contributed by atoms with van der Waals surface area (Å²) in [6.07, 6.45) is 1.59. The van der Waals surface area contributed by atoms with E-state index >= 15 is 0 Å². The van der Waals surface area contributed by atoms with Gasteiger partial charge in [-0.05, 0) is 18.2 Å². The maximum absolute atomic E-state index is 8.72. The summed E-state index contributed by atoms with van der Waals surface area (Å²) >= 11 is 0. The molecule has 0 unspecified atom stereocenters. The Labute approximate surface area is 87.0 Å². The van der Waals surface area contributed by atoms with Gasteiger partial charge >= 0.3 is 0 Å². The molecule has 0 aliphatic rings. The molecule has 80 valence electrons. The Balaban J connectivity index is 2.48. The van der Waals surface area contributed by atoms with E-state index in [9.17, 15) is 0 Å². The van der Waals surface area contributed by atoms with Gasteiger partial charge in [0.05, 0.1) is 20.0 Å². The zero-order chi connectivity index (χ0) is 10.7. The minimum atomic E-state index is -0.0414.